The van der Waals surface area contributed by atoms with Crippen LogP contribution >= 0.6 is 0 Å². The van der Waals surface area contributed by atoms with Crippen LogP contribution in [0.4, 0.5) is 0 Å². The molecule has 1 heteroatoms. The second-order valence-corrected chi connectivity index (χ2v) is 2.59. The molecule has 1 N–H and O–H groups in total. The molecule has 0 aliphatic rings. The van der Waals surface area contributed by atoms with Gasteiger partial charge in [-0.1, -0.05) is 39.5 Å². The summed E-state index contributed by atoms with van der Waals surface area (Å²) in [7, 11) is 0. The van der Waals surface area contributed by atoms with E-state index >= 15 is 0 Å². The number of H-pyrrole nitrogens is 1. The summed E-state index contributed by atoms with van der Waals surface area (Å²) in [6.45, 7) is 4.46. The number of nitrogens with one attached hydrogen (secondary N) is 1. The number of unbranched alkanes of at least 4 members (excludes halogenated alkanes) is 3. The SMILES string of the molecule is CCCCCC.c1cc[nH]c1. The number of rotatable bonds is 3. The monoisotopic (exact) mass is 153 g/mol. The summed E-state index contributed by atoms with van der Waals surface area (Å²) in [5, 5.41) is 0. The normalized spacial score (nSPS) is 8.55. The van der Waals surface area contributed by atoms with E-state index in [9.17, 15) is 0 Å². The van der Waals surface area contributed by atoms with Gasteiger partial charge < -0.3 is 4.98 Å². The first kappa shape index (κ1) is 10.3. The van der Waals surface area contributed by atoms with Gasteiger partial charge in [0.05, 0.1) is 0 Å². The Kier molecular flexibility index (Phi) is 8.67. The van der Waals surface area contributed by atoms with Crippen molar-refractivity contribution in [2.45, 2.75) is 39.5 Å². The molecule has 0 bridgehead atoms. The fourth-order valence-corrected chi connectivity index (χ4v) is 0.778. The predicted octanol–water partition coefficient (Wildman–Crippen LogP) is 3.60. The van der Waals surface area contributed by atoms with Gasteiger partial charge in [-0.2, -0.15) is 0 Å². The zero-order valence-electron chi connectivity index (χ0n) is 7.64. The first-order valence-corrected chi connectivity index (χ1v) is 4.49. The van der Waals surface area contributed by atoms with Crippen LogP contribution in [0.1, 0.15) is 39.5 Å². The number of hydrogen-bond donors (Lipinski definition) is 1. The lowest BCUT2D eigenvalue weighted by Crippen LogP contribution is -1.66. The molecule has 0 radical (unpaired) electrons. The summed E-state index contributed by atoms with van der Waals surface area (Å²) >= 11 is 0. The molecule has 0 fully saturated rings. The van der Waals surface area contributed by atoms with Crippen LogP contribution in [0.5, 0.6) is 0 Å². The summed E-state index contributed by atoms with van der Waals surface area (Å²) < 4.78 is 0. The Morgan fingerprint density at radius 3 is 1.55 bits per heavy atom. The fraction of sp³-hybridized carbons (Fsp3) is 0.600. The average molecular weight is 153 g/mol. The molecule has 0 spiro atoms. The van der Waals surface area contributed by atoms with E-state index < -0.39 is 0 Å². The average Bonchev–Trinajstić information content (AvgIpc) is 2.57. The van der Waals surface area contributed by atoms with Crippen molar-refractivity contribution >= 4 is 0 Å². The number of aromatic amines is 1. The standard InChI is InChI=1S/C6H14.C4H5N/c1-3-5-6-4-2;1-2-4-5-3-1/h3-6H2,1-2H3;1-5H. The third kappa shape index (κ3) is 9.28. The van der Waals surface area contributed by atoms with Gasteiger partial charge in [0, 0.05) is 12.4 Å². The maximum atomic E-state index is 2.86. The summed E-state index contributed by atoms with van der Waals surface area (Å²) in [5.41, 5.74) is 0. The topological polar surface area (TPSA) is 15.8 Å². The van der Waals surface area contributed by atoms with Gasteiger partial charge in [-0.15, -0.1) is 0 Å². The predicted molar refractivity (Wildman–Crippen MR) is 50.6 cm³/mol. The van der Waals surface area contributed by atoms with Crippen molar-refractivity contribution in [3.05, 3.63) is 24.5 Å². The molecular formula is C10H19N. The molecule has 1 rings (SSSR count). The lowest BCUT2D eigenvalue weighted by molar-refractivity contribution is 0.702. The van der Waals surface area contributed by atoms with Crippen molar-refractivity contribution < 1.29 is 0 Å². The minimum Gasteiger partial charge on any atom is -0.368 e. The van der Waals surface area contributed by atoms with Gasteiger partial charge in [0.1, 0.15) is 0 Å². The molecule has 0 aromatic carbocycles. The Labute approximate surface area is 69.8 Å². The van der Waals surface area contributed by atoms with Gasteiger partial charge in [-0.3, -0.25) is 0 Å². The molecule has 1 nitrogen and oxygen atoms in total. The van der Waals surface area contributed by atoms with E-state index in [-0.39, 0.29) is 0 Å². The van der Waals surface area contributed by atoms with Crippen molar-refractivity contribution in [1.29, 1.82) is 0 Å². The largest absolute Gasteiger partial charge is 0.368 e. The summed E-state index contributed by atoms with van der Waals surface area (Å²) in [5.74, 6) is 0. The Bertz CT molecular complexity index is 100. The van der Waals surface area contributed by atoms with Crippen LogP contribution in [-0.2, 0) is 0 Å². The molecule has 0 aliphatic carbocycles. The van der Waals surface area contributed by atoms with Crippen molar-refractivity contribution in [2.75, 3.05) is 0 Å². The van der Waals surface area contributed by atoms with Crippen LogP contribution in [0.25, 0.3) is 0 Å². The molecule has 0 aliphatic heterocycles. The molecule has 1 heterocycles. The second-order valence-electron chi connectivity index (χ2n) is 2.59. The van der Waals surface area contributed by atoms with Gasteiger partial charge in [0.15, 0.2) is 0 Å². The van der Waals surface area contributed by atoms with Crippen LogP contribution in [0, 0.1) is 0 Å². The molecule has 1 aromatic heterocycles. The lowest BCUT2D eigenvalue weighted by atomic mass is 10.2. The van der Waals surface area contributed by atoms with Gasteiger partial charge >= 0.3 is 0 Å². The Hall–Kier alpha value is -0.720. The van der Waals surface area contributed by atoms with E-state index in [1.54, 1.807) is 0 Å². The van der Waals surface area contributed by atoms with Gasteiger partial charge in [-0.05, 0) is 12.1 Å². The summed E-state index contributed by atoms with van der Waals surface area (Å²) in [6.07, 6.45) is 9.29. The first-order chi connectivity index (χ1) is 5.41. The third-order valence-corrected chi connectivity index (χ3v) is 1.45. The van der Waals surface area contributed by atoms with Crippen molar-refractivity contribution in [2.24, 2.45) is 0 Å². The van der Waals surface area contributed by atoms with E-state index in [1.807, 2.05) is 24.5 Å². The summed E-state index contributed by atoms with van der Waals surface area (Å²) in [4.78, 5) is 2.86. The highest BCUT2D eigenvalue weighted by molar-refractivity contribution is 4.84. The highest BCUT2D eigenvalue weighted by atomic mass is 14.6. The van der Waals surface area contributed by atoms with Gasteiger partial charge in [0.2, 0.25) is 0 Å². The van der Waals surface area contributed by atoms with E-state index in [4.69, 9.17) is 0 Å². The molecular weight excluding hydrogens is 134 g/mol. The zero-order chi connectivity index (χ0) is 8.36. The Morgan fingerprint density at radius 1 is 0.909 bits per heavy atom. The van der Waals surface area contributed by atoms with E-state index in [1.165, 1.54) is 25.7 Å². The zero-order valence-corrected chi connectivity index (χ0v) is 7.64. The molecule has 0 unspecified atom stereocenters. The van der Waals surface area contributed by atoms with Crippen LogP contribution in [0.2, 0.25) is 0 Å². The van der Waals surface area contributed by atoms with Crippen molar-refractivity contribution in [3.8, 4) is 0 Å². The van der Waals surface area contributed by atoms with Crippen molar-refractivity contribution in [1.82, 2.24) is 4.98 Å². The van der Waals surface area contributed by atoms with Gasteiger partial charge in [0.25, 0.3) is 0 Å². The van der Waals surface area contributed by atoms with Crippen molar-refractivity contribution in [3.63, 3.8) is 0 Å². The molecule has 0 amide bonds. The fourth-order valence-electron chi connectivity index (χ4n) is 0.778. The summed E-state index contributed by atoms with van der Waals surface area (Å²) in [6, 6.07) is 3.89. The minimum atomic E-state index is 1.36. The van der Waals surface area contributed by atoms with Crippen LogP contribution < -0.4 is 0 Å². The molecule has 0 saturated carbocycles. The van der Waals surface area contributed by atoms with E-state index in [0.717, 1.165) is 0 Å². The van der Waals surface area contributed by atoms with E-state index in [2.05, 4.69) is 18.8 Å². The number of hydrogen-bond acceptors (Lipinski definition) is 0. The molecule has 1 aromatic rings. The smallest absolute Gasteiger partial charge is 0.000496 e. The van der Waals surface area contributed by atoms with Crippen LogP contribution in [-0.4, -0.2) is 4.98 Å². The Morgan fingerprint density at radius 2 is 1.36 bits per heavy atom. The third-order valence-electron chi connectivity index (χ3n) is 1.45. The minimum absolute atomic E-state index is 1.36. The molecule has 0 atom stereocenters. The van der Waals surface area contributed by atoms with Gasteiger partial charge in [-0.25, -0.2) is 0 Å². The van der Waals surface area contributed by atoms with Crippen LogP contribution in [0.15, 0.2) is 24.5 Å². The highest BCUT2D eigenvalue weighted by Crippen LogP contribution is 1.95. The molecule has 11 heavy (non-hydrogen) atoms. The number of aromatic nitrogens is 1. The highest BCUT2D eigenvalue weighted by Gasteiger charge is 1.75. The van der Waals surface area contributed by atoms with E-state index in [0.29, 0.717) is 0 Å². The maximum Gasteiger partial charge on any atom is 0.000496 e. The Balaban J connectivity index is 0.000000183. The lowest BCUT2D eigenvalue weighted by Gasteiger charge is -1.86. The molecule has 64 valence electrons. The second kappa shape index (κ2) is 9.28. The quantitative estimate of drug-likeness (QED) is 0.638. The van der Waals surface area contributed by atoms with Crippen LogP contribution in [0.3, 0.4) is 0 Å². The first-order valence-electron chi connectivity index (χ1n) is 4.49. The maximum absolute atomic E-state index is 2.86. The molecule has 0 saturated heterocycles.